The Bertz CT molecular complexity index is 758. The molecule has 33 heavy (non-hydrogen) atoms. The minimum absolute atomic E-state index is 0.112. The van der Waals surface area contributed by atoms with Crippen LogP contribution in [0, 0.1) is 11.8 Å². The summed E-state index contributed by atoms with van der Waals surface area (Å²) in [5, 5.41) is 0. The van der Waals surface area contributed by atoms with Crippen molar-refractivity contribution in [2.75, 3.05) is 13.2 Å². The lowest BCUT2D eigenvalue weighted by Crippen LogP contribution is -2.57. The standard InChI is InChI=1S/C26H38O7/c1-5-23-17(2)24(31-18(3)27)25(32-19(4)28)26(33-23)29-15-7-6-8-20-11-13-22(14-12-20)30-16-21-9-10-21/h11-14,17,21,23-26H,5-10,15-16H2,1-4H3. The van der Waals surface area contributed by atoms with Crippen LogP contribution < -0.4 is 4.74 Å². The molecule has 1 aliphatic heterocycles. The Morgan fingerprint density at radius 2 is 1.67 bits per heavy atom. The molecule has 0 bridgehead atoms. The maximum Gasteiger partial charge on any atom is 0.303 e. The molecule has 1 saturated heterocycles. The lowest BCUT2D eigenvalue weighted by molar-refractivity contribution is -0.290. The van der Waals surface area contributed by atoms with E-state index in [1.165, 1.54) is 32.3 Å². The molecule has 5 unspecified atom stereocenters. The number of ether oxygens (including phenoxy) is 5. The summed E-state index contributed by atoms with van der Waals surface area (Å²) in [5.41, 5.74) is 1.26. The van der Waals surface area contributed by atoms with E-state index in [9.17, 15) is 9.59 Å². The summed E-state index contributed by atoms with van der Waals surface area (Å²) in [6.07, 6.45) is 3.75. The van der Waals surface area contributed by atoms with E-state index >= 15 is 0 Å². The van der Waals surface area contributed by atoms with E-state index in [0.29, 0.717) is 6.61 Å². The molecule has 7 nitrogen and oxygen atoms in total. The maximum absolute atomic E-state index is 11.7. The zero-order chi connectivity index (χ0) is 23.8. The third-order valence-electron chi connectivity index (χ3n) is 6.26. The topological polar surface area (TPSA) is 80.3 Å². The number of esters is 2. The Balaban J connectivity index is 1.47. The van der Waals surface area contributed by atoms with Crippen molar-refractivity contribution in [1.82, 2.24) is 0 Å². The normalized spacial score (nSPS) is 27.1. The van der Waals surface area contributed by atoms with E-state index in [0.717, 1.165) is 44.0 Å². The van der Waals surface area contributed by atoms with Crippen LogP contribution in [0.1, 0.15) is 65.4 Å². The summed E-state index contributed by atoms with van der Waals surface area (Å²) in [6, 6.07) is 8.30. The Morgan fingerprint density at radius 1 is 1.00 bits per heavy atom. The first-order chi connectivity index (χ1) is 15.9. The Hall–Kier alpha value is -2.12. The number of rotatable bonds is 12. The molecule has 1 aromatic rings. The minimum Gasteiger partial charge on any atom is -0.493 e. The SMILES string of the molecule is CCC1OC(OCCCCc2ccc(OCC3CC3)cc2)C(OC(C)=O)C(OC(C)=O)C1C. The van der Waals surface area contributed by atoms with Crippen LogP contribution in [-0.2, 0) is 35.0 Å². The Kier molecular flexibility index (Phi) is 9.56. The molecule has 3 rings (SSSR count). The van der Waals surface area contributed by atoms with Crippen molar-refractivity contribution in [2.45, 2.75) is 90.8 Å². The van der Waals surface area contributed by atoms with E-state index in [-0.39, 0.29) is 12.0 Å². The smallest absolute Gasteiger partial charge is 0.303 e. The van der Waals surface area contributed by atoms with E-state index in [1.54, 1.807) is 0 Å². The molecule has 1 aromatic carbocycles. The molecule has 2 aliphatic rings. The third kappa shape index (κ3) is 8.00. The average Bonchev–Trinajstić information content (AvgIpc) is 3.61. The largest absolute Gasteiger partial charge is 0.493 e. The van der Waals surface area contributed by atoms with Gasteiger partial charge in [0.15, 0.2) is 12.4 Å². The molecule has 1 saturated carbocycles. The number of carbonyl (C=O) groups excluding carboxylic acids is 2. The fraction of sp³-hybridized carbons (Fsp3) is 0.692. The molecule has 7 heteroatoms. The highest BCUT2D eigenvalue weighted by Crippen LogP contribution is 2.33. The van der Waals surface area contributed by atoms with Gasteiger partial charge in [-0.3, -0.25) is 9.59 Å². The van der Waals surface area contributed by atoms with Gasteiger partial charge in [0.2, 0.25) is 0 Å². The fourth-order valence-corrected chi connectivity index (χ4v) is 4.20. The molecule has 2 fully saturated rings. The molecule has 0 spiro atoms. The van der Waals surface area contributed by atoms with Crippen LogP contribution in [-0.4, -0.2) is 49.8 Å². The van der Waals surface area contributed by atoms with Crippen molar-refractivity contribution in [2.24, 2.45) is 11.8 Å². The van der Waals surface area contributed by atoms with Crippen LogP contribution in [0.3, 0.4) is 0 Å². The molecule has 1 heterocycles. The number of carbonyl (C=O) groups is 2. The Labute approximate surface area is 197 Å². The lowest BCUT2D eigenvalue weighted by atomic mass is 9.89. The molecule has 5 atom stereocenters. The van der Waals surface area contributed by atoms with Gasteiger partial charge in [-0.05, 0) is 62.1 Å². The van der Waals surface area contributed by atoms with Crippen LogP contribution in [0.25, 0.3) is 0 Å². The summed E-state index contributed by atoms with van der Waals surface area (Å²) in [6.45, 7) is 7.93. The van der Waals surface area contributed by atoms with Gasteiger partial charge in [0.05, 0.1) is 12.7 Å². The monoisotopic (exact) mass is 462 g/mol. The van der Waals surface area contributed by atoms with E-state index in [2.05, 4.69) is 12.1 Å². The second-order valence-electron chi connectivity index (χ2n) is 9.18. The molecule has 0 N–H and O–H groups in total. The van der Waals surface area contributed by atoms with Crippen LogP contribution in [0.5, 0.6) is 5.75 Å². The van der Waals surface area contributed by atoms with Gasteiger partial charge < -0.3 is 23.7 Å². The number of aryl methyl sites for hydroxylation is 1. The average molecular weight is 463 g/mol. The first kappa shape index (κ1) is 25.5. The number of hydrogen-bond donors (Lipinski definition) is 0. The first-order valence-electron chi connectivity index (χ1n) is 12.2. The molecular formula is C26H38O7. The van der Waals surface area contributed by atoms with E-state index in [4.69, 9.17) is 23.7 Å². The summed E-state index contributed by atoms with van der Waals surface area (Å²) in [5.74, 6) is 0.698. The Morgan fingerprint density at radius 3 is 2.27 bits per heavy atom. The van der Waals surface area contributed by atoms with Gasteiger partial charge in [0.1, 0.15) is 11.9 Å². The summed E-state index contributed by atoms with van der Waals surface area (Å²) in [7, 11) is 0. The molecular weight excluding hydrogens is 424 g/mol. The summed E-state index contributed by atoms with van der Waals surface area (Å²) < 4.78 is 28.9. The van der Waals surface area contributed by atoms with Crippen LogP contribution in [0.4, 0.5) is 0 Å². The first-order valence-corrected chi connectivity index (χ1v) is 12.2. The number of hydrogen-bond acceptors (Lipinski definition) is 7. The second-order valence-corrected chi connectivity index (χ2v) is 9.18. The zero-order valence-electron chi connectivity index (χ0n) is 20.3. The van der Waals surface area contributed by atoms with Crippen molar-refractivity contribution in [3.05, 3.63) is 29.8 Å². The quantitative estimate of drug-likeness (QED) is 0.335. The second kappa shape index (κ2) is 12.4. The predicted octanol–water partition coefficient (Wildman–Crippen LogP) is 4.45. The van der Waals surface area contributed by atoms with Crippen LogP contribution in [0.15, 0.2) is 24.3 Å². The molecule has 184 valence electrons. The van der Waals surface area contributed by atoms with Crippen molar-refractivity contribution >= 4 is 11.9 Å². The summed E-state index contributed by atoms with van der Waals surface area (Å²) in [4.78, 5) is 23.4. The number of benzene rings is 1. The van der Waals surface area contributed by atoms with Crippen molar-refractivity contribution in [3.63, 3.8) is 0 Å². The van der Waals surface area contributed by atoms with Gasteiger partial charge in [-0.25, -0.2) is 0 Å². The highest BCUT2D eigenvalue weighted by atomic mass is 16.7. The highest BCUT2D eigenvalue weighted by molar-refractivity contribution is 5.67. The van der Waals surface area contributed by atoms with Gasteiger partial charge in [-0.15, -0.1) is 0 Å². The minimum atomic E-state index is -0.785. The van der Waals surface area contributed by atoms with Crippen LogP contribution >= 0.6 is 0 Å². The maximum atomic E-state index is 11.7. The van der Waals surface area contributed by atoms with Gasteiger partial charge in [0, 0.05) is 26.4 Å². The van der Waals surface area contributed by atoms with Crippen molar-refractivity contribution < 1.29 is 33.3 Å². The van der Waals surface area contributed by atoms with Crippen molar-refractivity contribution in [1.29, 1.82) is 0 Å². The predicted molar refractivity (Wildman–Crippen MR) is 123 cm³/mol. The summed E-state index contributed by atoms with van der Waals surface area (Å²) >= 11 is 0. The highest BCUT2D eigenvalue weighted by Gasteiger charge is 2.47. The van der Waals surface area contributed by atoms with E-state index < -0.39 is 30.4 Å². The molecule has 0 radical (unpaired) electrons. The molecule has 1 aliphatic carbocycles. The van der Waals surface area contributed by atoms with Gasteiger partial charge in [-0.1, -0.05) is 26.0 Å². The third-order valence-corrected chi connectivity index (χ3v) is 6.26. The molecule has 0 aromatic heterocycles. The molecule has 0 amide bonds. The van der Waals surface area contributed by atoms with E-state index in [1.807, 2.05) is 26.0 Å². The van der Waals surface area contributed by atoms with Crippen LogP contribution in [0.2, 0.25) is 0 Å². The fourth-order valence-electron chi connectivity index (χ4n) is 4.20. The van der Waals surface area contributed by atoms with Gasteiger partial charge >= 0.3 is 11.9 Å². The zero-order valence-corrected chi connectivity index (χ0v) is 20.3. The van der Waals surface area contributed by atoms with Gasteiger partial charge in [0.25, 0.3) is 0 Å². The van der Waals surface area contributed by atoms with Crippen molar-refractivity contribution in [3.8, 4) is 5.75 Å². The van der Waals surface area contributed by atoms with Gasteiger partial charge in [-0.2, -0.15) is 0 Å². The number of unbranched alkanes of at least 4 members (excludes halogenated alkanes) is 1. The lowest BCUT2D eigenvalue weighted by Gasteiger charge is -2.43.